The Kier molecular flexibility index (Phi) is 9.08. The maximum atomic E-state index is 13.1. The van der Waals surface area contributed by atoms with E-state index in [0.29, 0.717) is 29.4 Å². The van der Waals surface area contributed by atoms with Crippen molar-refractivity contribution in [3.63, 3.8) is 0 Å². The number of halogens is 4. The summed E-state index contributed by atoms with van der Waals surface area (Å²) in [7, 11) is 1.84. The zero-order chi connectivity index (χ0) is 29.7. The predicted octanol–water partition coefficient (Wildman–Crippen LogP) is 7.92. The largest absolute Gasteiger partial charge is 0.416 e. The average Bonchev–Trinajstić information content (AvgIpc) is 2.93. The Bertz CT molecular complexity index is 1570. The van der Waals surface area contributed by atoms with E-state index in [2.05, 4.69) is 15.3 Å². The predicted molar refractivity (Wildman–Crippen MR) is 154 cm³/mol. The highest BCUT2D eigenvalue weighted by Crippen LogP contribution is 2.32. The third-order valence-corrected chi connectivity index (χ3v) is 6.73. The van der Waals surface area contributed by atoms with Gasteiger partial charge in [0.1, 0.15) is 11.6 Å². The first-order chi connectivity index (χ1) is 19.4. The van der Waals surface area contributed by atoms with Gasteiger partial charge in [0.05, 0.1) is 5.56 Å². The maximum Gasteiger partial charge on any atom is 0.416 e. The van der Waals surface area contributed by atoms with E-state index in [4.69, 9.17) is 11.6 Å². The molecule has 1 aromatic heterocycles. The second kappa shape index (κ2) is 12.5. The first-order valence-electron chi connectivity index (χ1n) is 12.9. The van der Waals surface area contributed by atoms with Gasteiger partial charge in [0.15, 0.2) is 5.78 Å². The van der Waals surface area contributed by atoms with E-state index in [1.54, 1.807) is 30.5 Å². The van der Waals surface area contributed by atoms with E-state index in [-0.39, 0.29) is 35.0 Å². The highest BCUT2D eigenvalue weighted by Gasteiger charge is 2.31. The van der Waals surface area contributed by atoms with Crippen LogP contribution in [0.5, 0.6) is 0 Å². The zero-order valence-corrected chi connectivity index (χ0v) is 23.5. The molecule has 0 aliphatic heterocycles. The minimum absolute atomic E-state index is 0.0609. The van der Waals surface area contributed by atoms with Crippen LogP contribution in [-0.4, -0.2) is 28.6 Å². The molecule has 0 saturated heterocycles. The maximum absolute atomic E-state index is 13.1. The van der Waals surface area contributed by atoms with Crippen molar-refractivity contribution in [1.82, 2.24) is 9.97 Å². The number of hydrogen-bond donors (Lipinski definition) is 1. The third kappa shape index (κ3) is 7.70. The normalized spacial score (nSPS) is 11.3. The van der Waals surface area contributed by atoms with Crippen molar-refractivity contribution in [2.75, 3.05) is 17.3 Å². The monoisotopic (exact) mass is 580 g/mol. The smallest absolute Gasteiger partial charge is 0.329 e. The van der Waals surface area contributed by atoms with Crippen molar-refractivity contribution in [3.05, 3.63) is 106 Å². The number of ketones is 2. The van der Waals surface area contributed by atoms with Crippen molar-refractivity contribution < 1.29 is 22.8 Å². The Morgan fingerprint density at radius 3 is 2.34 bits per heavy atom. The lowest BCUT2D eigenvalue weighted by Crippen LogP contribution is -2.13. The summed E-state index contributed by atoms with van der Waals surface area (Å²) in [4.78, 5) is 35.6. The number of hydrogen-bond acceptors (Lipinski definition) is 6. The summed E-state index contributed by atoms with van der Waals surface area (Å²) < 4.78 is 39.2. The molecule has 0 atom stereocenters. The van der Waals surface area contributed by atoms with Crippen molar-refractivity contribution in [2.45, 2.75) is 39.3 Å². The van der Waals surface area contributed by atoms with Crippen LogP contribution in [0.3, 0.4) is 0 Å². The SMILES string of the molecule is CCC(=O)c1cc(Nc2nccc(N(C)c3ccc(CC(=O)Cc4cc(Cl)cc(C(F)(F)F)c4)cc3)n2)ccc1C. The van der Waals surface area contributed by atoms with E-state index in [1.807, 2.05) is 50.1 Å². The Balaban J connectivity index is 1.42. The molecule has 0 fully saturated rings. The molecular formula is C31H28ClF3N4O2. The second-order valence-corrected chi connectivity index (χ2v) is 10.1. The molecule has 4 aromatic rings. The first kappa shape index (κ1) is 29.7. The number of alkyl halides is 3. The van der Waals surface area contributed by atoms with Gasteiger partial charge in [-0.3, -0.25) is 9.59 Å². The van der Waals surface area contributed by atoms with Gasteiger partial charge in [-0.05, 0) is 72.1 Å². The van der Waals surface area contributed by atoms with Gasteiger partial charge < -0.3 is 10.2 Å². The van der Waals surface area contributed by atoms with Crippen LogP contribution in [0.25, 0.3) is 0 Å². The van der Waals surface area contributed by atoms with Gasteiger partial charge in [-0.2, -0.15) is 18.2 Å². The molecule has 0 aliphatic carbocycles. The lowest BCUT2D eigenvalue weighted by atomic mass is 10.0. The molecule has 41 heavy (non-hydrogen) atoms. The molecule has 0 saturated carbocycles. The van der Waals surface area contributed by atoms with Crippen LogP contribution in [0.1, 0.15) is 46.0 Å². The van der Waals surface area contributed by atoms with Gasteiger partial charge >= 0.3 is 6.18 Å². The molecule has 0 unspecified atom stereocenters. The molecule has 0 aliphatic rings. The van der Waals surface area contributed by atoms with Gasteiger partial charge in [0.25, 0.3) is 0 Å². The number of aromatic nitrogens is 2. The molecule has 4 rings (SSSR count). The summed E-state index contributed by atoms with van der Waals surface area (Å²) in [6.07, 6.45) is -2.58. The summed E-state index contributed by atoms with van der Waals surface area (Å²) in [5, 5.41) is 3.09. The van der Waals surface area contributed by atoms with Crippen LogP contribution in [-0.2, 0) is 23.8 Å². The lowest BCUT2D eigenvalue weighted by Gasteiger charge is -2.19. The topological polar surface area (TPSA) is 75.2 Å². The molecule has 1 N–H and O–H groups in total. The number of benzene rings is 3. The number of aryl methyl sites for hydroxylation is 1. The number of rotatable bonds is 10. The van der Waals surface area contributed by atoms with E-state index >= 15 is 0 Å². The van der Waals surface area contributed by atoms with E-state index in [9.17, 15) is 22.8 Å². The fourth-order valence-electron chi connectivity index (χ4n) is 4.32. The van der Waals surface area contributed by atoms with Crippen LogP contribution < -0.4 is 10.2 Å². The Labute approximate surface area is 241 Å². The van der Waals surface area contributed by atoms with Crippen molar-refractivity contribution in [2.24, 2.45) is 0 Å². The molecule has 0 spiro atoms. The highest BCUT2D eigenvalue weighted by molar-refractivity contribution is 6.30. The number of carbonyl (C=O) groups excluding carboxylic acids is 2. The molecule has 212 valence electrons. The summed E-state index contributed by atoms with van der Waals surface area (Å²) >= 11 is 5.83. The fraction of sp³-hybridized carbons (Fsp3) is 0.226. The van der Waals surface area contributed by atoms with Crippen LogP contribution in [0, 0.1) is 6.92 Å². The minimum atomic E-state index is -4.54. The van der Waals surface area contributed by atoms with Crippen molar-refractivity contribution in [3.8, 4) is 0 Å². The van der Waals surface area contributed by atoms with E-state index < -0.39 is 11.7 Å². The molecule has 10 heteroatoms. The minimum Gasteiger partial charge on any atom is -0.329 e. The Morgan fingerprint density at radius 1 is 0.951 bits per heavy atom. The van der Waals surface area contributed by atoms with Gasteiger partial charge in [0, 0.05) is 54.5 Å². The molecule has 1 heterocycles. The zero-order valence-electron chi connectivity index (χ0n) is 22.7. The molecule has 0 bridgehead atoms. The number of carbonyl (C=O) groups is 2. The number of Topliss-reactive ketones (excluding diaryl/α,β-unsaturated/α-hetero) is 2. The molecule has 3 aromatic carbocycles. The molecule has 0 radical (unpaired) electrons. The summed E-state index contributed by atoms with van der Waals surface area (Å²) in [5.41, 5.74) is 3.14. The second-order valence-electron chi connectivity index (χ2n) is 9.63. The summed E-state index contributed by atoms with van der Waals surface area (Å²) in [5.74, 6) is 0.813. The van der Waals surface area contributed by atoms with Crippen molar-refractivity contribution in [1.29, 1.82) is 0 Å². The van der Waals surface area contributed by atoms with E-state index in [1.165, 1.54) is 6.07 Å². The number of anilines is 4. The quantitative estimate of drug-likeness (QED) is 0.192. The summed E-state index contributed by atoms with van der Waals surface area (Å²) in [6, 6.07) is 17.7. The lowest BCUT2D eigenvalue weighted by molar-refractivity contribution is -0.137. The van der Waals surface area contributed by atoms with Gasteiger partial charge in [-0.1, -0.05) is 36.7 Å². The molecule has 6 nitrogen and oxygen atoms in total. The van der Waals surface area contributed by atoms with Crippen LogP contribution >= 0.6 is 11.6 Å². The van der Waals surface area contributed by atoms with Crippen LogP contribution in [0.15, 0.2) is 72.9 Å². The third-order valence-electron chi connectivity index (χ3n) is 6.51. The highest BCUT2D eigenvalue weighted by atomic mass is 35.5. The summed E-state index contributed by atoms with van der Waals surface area (Å²) in [6.45, 7) is 3.72. The van der Waals surface area contributed by atoms with Crippen LogP contribution in [0.4, 0.5) is 36.3 Å². The number of nitrogens with zero attached hydrogens (tertiary/aromatic N) is 3. The van der Waals surface area contributed by atoms with Crippen molar-refractivity contribution >= 4 is 46.3 Å². The Morgan fingerprint density at radius 2 is 1.66 bits per heavy atom. The Hall–Kier alpha value is -4.24. The van der Waals surface area contributed by atoms with Gasteiger partial charge in [-0.15, -0.1) is 0 Å². The fourth-order valence-corrected chi connectivity index (χ4v) is 4.58. The standard InChI is InChI=1S/C31H28ClF3N4O2/c1-4-28(41)27-18-24(8-5-19(27)2)37-30-36-12-11-29(38-30)39(3)25-9-6-20(7-10-25)15-26(40)16-21-13-22(31(33,34)35)17-23(32)14-21/h5-14,17-18H,4,15-16H2,1-3H3,(H,36,37,38). The van der Waals surface area contributed by atoms with E-state index in [0.717, 1.165) is 28.9 Å². The number of nitrogens with one attached hydrogen (secondary N) is 1. The van der Waals surface area contributed by atoms with Gasteiger partial charge in [-0.25, -0.2) is 4.98 Å². The first-order valence-corrected chi connectivity index (χ1v) is 13.3. The molecular weight excluding hydrogens is 553 g/mol. The van der Waals surface area contributed by atoms with Gasteiger partial charge in [0.2, 0.25) is 5.95 Å². The molecule has 0 amide bonds. The van der Waals surface area contributed by atoms with Crippen LogP contribution in [0.2, 0.25) is 5.02 Å². The average molecular weight is 581 g/mol.